The summed E-state index contributed by atoms with van der Waals surface area (Å²) in [5, 5.41) is 4.20. The first-order valence-electron chi connectivity index (χ1n) is 21.1. The van der Waals surface area contributed by atoms with Gasteiger partial charge in [0.05, 0.1) is 25.5 Å². The molecule has 1 fully saturated rings. The van der Waals surface area contributed by atoms with Gasteiger partial charge in [-0.2, -0.15) is 0 Å². The van der Waals surface area contributed by atoms with Crippen molar-refractivity contribution in [2.24, 2.45) is 11.8 Å². The molecule has 2 aromatic carbocycles. The molecule has 3 aromatic rings. The molecule has 4 atom stereocenters. The Balaban J connectivity index is 1.11. The highest BCUT2D eigenvalue weighted by Crippen LogP contribution is 2.58. The molecule has 7 rings (SSSR count). The summed E-state index contributed by atoms with van der Waals surface area (Å²) in [7, 11) is -0.622. The number of ether oxygens (including phenoxy) is 4. The van der Waals surface area contributed by atoms with Crippen molar-refractivity contribution in [2.75, 3.05) is 25.8 Å². The number of benzene rings is 2. The number of fused-ring (bicyclic) bond motifs is 4. The lowest BCUT2D eigenvalue weighted by Crippen LogP contribution is -2.53. The third kappa shape index (κ3) is 7.34. The fraction of sp³-hybridized carbons (Fsp3) is 0.609. The first kappa shape index (κ1) is 40.9. The summed E-state index contributed by atoms with van der Waals surface area (Å²) in [5.74, 6) is 3.38. The van der Waals surface area contributed by atoms with Crippen LogP contribution in [0.1, 0.15) is 135 Å². The number of carbonyl (C=O) groups is 1. The first-order chi connectivity index (χ1) is 26.7. The number of anilines is 1. The first-order valence-corrected chi connectivity index (χ1v) is 23.6. The van der Waals surface area contributed by atoms with Gasteiger partial charge < -0.3 is 28.7 Å². The van der Waals surface area contributed by atoms with Crippen molar-refractivity contribution in [1.82, 2.24) is 4.98 Å². The van der Waals surface area contributed by atoms with Gasteiger partial charge in [-0.25, -0.2) is 4.79 Å². The van der Waals surface area contributed by atoms with Crippen LogP contribution in [-0.2, 0) is 25.8 Å². The summed E-state index contributed by atoms with van der Waals surface area (Å²) in [5.41, 5.74) is 6.37. The molecule has 1 N–H and O–H groups in total. The average Bonchev–Trinajstić information content (AvgIpc) is 3.74. The molecule has 0 amide bonds. The van der Waals surface area contributed by atoms with Crippen LogP contribution in [-0.4, -0.2) is 45.3 Å². The molecular weight excluding hydrogens is 740 g/mol. The second kappa shape index (κ2) is 16.2. The van der Waals surface area contributed by atoms with Gasteiger partial charge in [0.2, 0.25) is 15.1 Å². The maximum Gasteiger partial charge on any atom is 0.331 e. The zero-order chi connectivity index (χ0) is 40.0. The van der Waals surface area contributed by atoms with Crippen molar-refractivity contribution in [1.29, 1.82) is 0 Å². The number of hydrogen-bond acceptors (Lipinski definition) is 8. The predicted molar refractivity (Wildman–Crippen MR) is 226 cm³/mol. The molecule has 1 spiro atoms. The summed E-state index contributed by atoms with van der Waals surface area (Å²) in [4.78, 5) is 18.6. The maximum atomic E-state index is 13.6. The van der Waals surface area contributed by atoms with Gasteiger partial charge >= 0.3 is 5.97 Å². The van der Waals surface area contributed by atoms with Crippen LogP contribution in [0.5, 0.6) is 17.2 Å². The second-order valence-electron chi connectivity index (χ2n) is 18.3. The summed E-state index contributed by atoms with van der Waals surface area (Å²) in [6, 6.07) is 14.1. The topological polar surface area (TPSA) is 88.1 Å². The average molecular weight is 804 g/mol. The fourth-order valence-corrected chi connectivity index (χ4v) is 17.1. The van der Waals surface area contributed by atoms with Gasteiger partial charge in [0.25, 0.3) is 0 Å². The molecule has 1 aliphatic heterocycles. The van der Waals surface area contributed by atoms with E-state index in [0.29, 0.717) is 58.8 Å². The Bertz CT molecular complexity index is 1870. The van der Waals surface area contributed by atoms with Gasteiger partial charge in [0.1, 0.15) is 11.3 Å². The molecule has 3 aliphatic carbocycles. The van der Waals surface area contributed by atoms with Crippen LogP contribution in [0.25, 0.3) is 0 Å². The quantitative estimate of drug-likeness (QED) is 0.135. The molecule has 56 heavy (non-hydrogen) atoms. The van der Waals surface area contributed by atoms with Gasteiger partial charge in [-0.3, -0.25) is 4.98 Å². The molecule has 0 bridgehead atoms. The van der Waals surface area contributed by atoms with Gasteiger partial charge in [0.15, 0.2) is 11.5 Å². The zero-order valence-electron chi connectivity index (χ0n) is 35.0. The van der Waals surface area contributed by atoms with Crippen molar-refractivity contribution >= 4 is 31.6 Å². The lowest BCUT2D eigenvalue weighted by molar-refractivity contribution is -0.148. The maximum absolute atomic E-state index is 13.6. The molecule has 4 aliphatic rings. The van der Waals surface area contributed by atoms with Crippen LogP contribution >= 0.6 is 11.6 Å². The van der Waals surface area contributed by atoms with E-state index in [1.165, 1.54) is 23.8 Å². The number of methoxy groups -OCH3 is 1. The normalized spacial score (nSPS) is 26.1. The van der Waals surface area contributed by atoms with Gasteiger partial charge in [-0.05, 0) is 139 Å². The molecule has 10 heteroatoms. The van der Waals surface area contributed by atoms with E-state index in [1.54, 1.807) is 0 Å². The standard InChI is InChI=1S/C46H63ClN2O6Si/c1-28(2)56(29(3)4,30(5)6)55-39-14-13-32(8)42-38(15-20-48-43(39)42)52-26-31(7)21-34-22-33-23-40-41(54-27-53-40)25-37(33)45(34)16-18-46(19-17-45,44(50)51-9)49-36-12-10-11-35(47)24-36/h10-12,15,20,23-25,28-32,34,39,49H,13-14,16-19,21-22,26-27H2,1-9H3/t31-,32-,34+,39-,45?,46?/m1/s1. The predicted octanol–water partition coefficient (Wildman–Crippen LogP) is 11.7. The zero-order valence-corrected chi connectivity index (χ0v) is 36.8. The van der Waals surface area contributed by atoms with E-state index in [0.717, 1.165) is 67.2 Å². The molecule has 2 heterocycles. The number of rotatable bonds is 13. The summed E-state index contributed by atoms with van der Waals surface area (Å²) in [6.07, 6.45) is 8.90. The van der Waals surface area contributed by atoms with Crippen LogP contribution in [0, 0.1) is 11.8 Å². The molecule has 8 nitrogen and oxygen atoms in total. The van der Waals surface area contributed by atoms with Crippen molar-refractivity contribution in [3.05, 3.63) is 76.1 Å². The van der Waals surface area contributed by atoms with Crippen LogP contribution in [0.3, 0.4) is 0 Å². The number of hydrogen-bond donors (Lipinski definition) is 1. The van der Waals surface area contributed by atoms with Crippen molar-refractivity contribution < 1.29 is 28.2 Å². The number of nitrogens with zero attached hydrogens (tertiary/aromatic N) is 1. The van der Waals surface area contributed by atoms with E-state index < -0.39 is 13.9 Å². The molecular formula is C46H63ClN2O6Si. The van der Waals surface area contributed by atoms with E-state index in [-0.39, 0.29) is 24.3 Å². The van der Waals surface area contributed by atoms with Gasteiger partial charge in [-0.1, -0.05) is 73.1 Å². The number of carbonyl (C=O) groups excluding carboxylic acids is 1. The summed E-state index contributed by atoms with van der Waals surface area (Å²) in [6.45, 7) is 19.6. The Morgan fingerprint density at radius 3 is 2.32 bits per heavy atom. The SMILES string of the molecule is COC(=O)C1(Nc2cccc(Cl)c2)CCC2(CC1)c1cc3c(cc1C[C@@H]2C[C@@H](C)COc1ccnc2c1[C@H](C)CC[C@H]2O[Si](C(C)C)(C(C)C)C(C)C)OCO3. The Morgan fingerprint density at radius 1 is 0.964 bits per heavy atom. The van der Waals surface area contributed by atoms with Crippen molar-refractivity contribution in [2.45, 2.75) is 146 Å². The molecule has 1 aromatic heterocycles. The van der Waals surface area contributed by atoms with E-state index >= 15 is 0 Å². The van der Waals surface area contributed by atoms with Gasteiger partial charge in [0, 0.05) is 22.5 Å². The summed E-state index contributed by atoms with van der Waals surface area (Å²) < 4.78 is 31.4. The Labute approximate surface area is 340 Å². The fourth-order valence-electron chi connectivity index (χ4n) is 11.4. The van der Waals surface area contributed by atoms with E-state index in [1.807, 2.05) is 30.5 Å². The number of esters is 1. The lowest BCUT2D eigenvalue weighted by Gasteiger charge is -2.47. The molecule has 0 radical (unpaired) electrons. The molecule has 304 valence electrons. The highest BCUT2D eigenvalue weighted by molar-refractivity contribution is 6.77. The van der Waals surface area contributed by atoms with E-state index in [4.69, 9.17) is 40.0 Å². The summed E-state index contributed by atoms with van der Waals surface area (Å²) >= 11 is 6.36. The number of aromatic nitrogens is 1. The molecule has 1 saturated carbocycles. The Hall–Kier alpha value is -3.27. The molecule has 0 unspecified atom stereocenters. The minimum Gasteiger partial charge on any atom is -0.493 e. The third-order valence-electron chi connectivity index (χ3n) is 14.1. The minimum absolute atomic E-state index is 0.00394. The molecule has 0 saturated heterocycles. The van der Waals surface area contributed by atoms with E-state index in [2.05, 4.69) is 78.9 Å². The number of pyridine rings is 1. The van der Waals surface area contributed by atoms with Crippen LogP contribution in [0.4, 0.5) is 5.69 Å². The highest BCUT2D eigenvalue weighted by Gasteiger charge is 2.55. The highest BCUT2D eigenvalue weighted by atomic mass is 35.5. The Morgan fingerprint density at radius 2 is 1.66 bits per heavy atom. The van der Waals surface area contributed by atoms with Gasteiger partial charge in [-0.15, -0.1) is 0 Å². The van der Waals surface area contributed by atoms with Crippen molar-refractivity contribution in [3.8, 4) is 17.2 Å². The Kier molecular flexibility index (Phi) is 11.8. The van der Waals surface area contributed by atoms with Crippen LogP contribution in [0.15, 0.2) is 48.7 Å². The minimum atomic E-state index is -2.10. The smallest absolute Gasteiger partial charge is 0.331 e. The third-order valence-corrected chi connectivity index (χ3v) is 20.4. The van der Waals surface area contributed by atoms with Crippen LogP contribution < -0.4 is 19.5 Å². The van der Waals surface area contributed by atoms with Crippen molar-refractivity contribution in [3.63, 3.8) is 0 Å². The number of nitrogens with one attached hydrogen (secondary N) is 1. The largest absolute Gasteiger partial charge is 0.493 e. The van der Waals surface area contributed by atoms with Crippen LogP contribution in [0.2, 0.25) is 21.6 Å². The monoisotopic (exact) mass is 802 g/mol. The van der Waals surface area contributed by atoms with E-state index in [9.17, 15) is 4.79 Å². The second-order valence-corrected chi connectivity index (χ2v) is 24.1. The lowest BCUT2D eigenvalue weighted by atomic mass is 9.59. The number of halogens is 1.